The van der Waals surface area contributed by atoms with Crippen LogP contribution in [0.4, 0.5) is 0 Å². The summed E-state index contributed by atoms with van der Waals surface area (Å²) in [4.78, 5) is 2.21. The Morgan fingerprint density at radius 2 is 2.20 bits per heavy atom. The fraction of sp³-hybridized carbons (Fsp3) is 0.667. The SMILES string of the molecule is C[I-]CC/C(C)=C\N(O)O. The molecule has 3 nitrogen and oxygen atoms in total. The molecule has 0 aliphatic heterocycles. The first-order chi connectivity index (χ1) is 4.66. The quantitative estimate of drug-likeness (QED) is 0.351. The molecule has 62 valence electrons. The first-order valence-corrected chi connectivity index (χ1v) is 6.63. The first kappa shape index (κ1) is 10.2. The zero-order valence-electron chi connectivity index (χ0n) is 6.21. The van der Waals surface area contributed by atoms with Crippen molar-refractivity contribution in [2.75, 3.05) is 9.36 Å². The Bertz CT molecular complexity index is 114. The molecule has 0 saturated heterocycles. The molecule has 0 fully saturated rings. The molecule has 0 rings (SSSR count). The van der Waals surface area contributed by atoms with Crippen LogP contribution >= 0.6 is 0 Å². The molecule has 0 unspecified atom stereocenters. The molecule has 0 amide bonds. The van der Waals surface area contributed by atoms with Gasteiger partial charge in [-0.3, -0.25) is 0 Å². The molecule has 0 bridgehead atoms. The maximum absolute atomic E-state index is 8.34. The standard InChI is InChI=1S/C6H13INO2/c1-6(3-4-7-2)5-8(9)10/h5,9-10H,3-4H2,1-2H3/q-1/b6-5-. The van der Waals surface area contributed by atoms with Crippen LogP contribution in [0.5, 0.6) is 0 Å². The third-order valence-electron chi connectivity index (χ3n) is 1.01. The molecule has 10 heavy (non-hydrogen) atoms. The molecule has 0 heterocycles. The summed E-state index contributed by atoms with van der Waals surface area (Å²) in [6.45, 7) is 1.89. The molecule has 0 aromatic heterocycles. The second-order valence-electron chi connectivity index (χ2n) is 2.00. The molecule has 4 heteroatoms. The molecule has 2 N–H and O–H groups in total. The minimum absolute atomic E-state index is 0.114. The van der Waals surface area contributed by atoms with Crippen molar-refractivity contribution in [1.29, 1.82) is 0 Å². The van der Waals surface area contributed by atoms with Crippen molar-refractivity contribution >= 4 is 0 Å². The summed E-state index contributed by atoms with van der Waals surface area (Å²) in [5, 5.41) is 16.8. The van der Waals surface area contributed by atoms with Crippen molar-refractivity contribution in [3.63, 3.8) is 0 Å². The maximum atomic E-state index is 8.34. The van der Waals surface area contributed by atoms with E-state index in [4.69, 9.17) is 10.4 Å². The van der Waals surface area contributed by atoms with Gasteiger partial charge in [0.25, 0.3) is 0 Å². The van der Waals surface area contributed by atoms with Crippen molar-refractivity contribution in [2.24, 2.45) is 0 Å². The van der Waals surface area contributed by atoms with Crippen LogP contribution in [-0.2, 0) is 0 Å². The van der Waals surface area contributed by atoms with E-state index in [1.54, 1.807) is 0 Å². The molecule has 0 aliphatic rings. The Balaban J connectivity index is 3.49. The molecule has 0 aromatic carbocycles. The minimum atomic E-state index is 0.114. The Hall–Kier alpha value is 0.190. The van der Waals surface area contributed by atoms with E-state index >= 15 is 0 Å². The van der Waals surface area contributed by atoms with Gasteiger partial charge in [-0.25, -0.2) is 0 Å². The van der Waals surface area contributed by atoms with Gasteiger partial charge >= 0.3 is 71.3 Å². The van der Waals surface area contributed by atoms with Gasteiger partial charge in [0, 0.05) is 0 Å². The molecule has 0 spiro atoms. The second-order valence-corrected chi connectivity index (χ2v) is 4.61. The van der Waals surface area contributed by atoms with E-state index in [0.29, 0.717) is 21.2 Å². The van der Waals surface area contributed by atoms with Crippen LogP contribution in [0.15, 0.2) is 11.8 Å². The Morgan fingerprint density at radius 1 is 1.60 bits per heavy atom. The molecule has 0 aliphatic carbocycles. The third kappa shape index (κ3) is 6.31. The summed E-state index contributed by atoms with van der Waals surface area (Å²) < 4.78 is 1.20. The van der Waals surface area contributed by atoms with Crippen LogP contribution in [0, 0.1) is 0 Å². The summed E-state index contributed by atoms with van der Waals surface area (Å²) in [6, 6.07) is 0. The van der Waals surface area contributed by atoms with E-state index in [9.17, 15) is 0 Å². The number of halogens is 1. The molecular formula is C6H13INO2-. The molecule has 0 radical (unpaired) electrons. The van der Waals surface area contributed by atoms with E-state index in [0.717, 1.165) is 12.0 Å². The Labute approximate surface area is 71.5 Å². The first-order valence-electron chi connectivity index (χ1n) is 2.95. The van der Waals surface area contributed by atoms with Gasteiger partial charge < -0.3 is 0 Å². The van der Waals surface area contributed by atoms with Crippen LogP contribution in [0.25, 0.3) is 0 Å². The van der Waals surface area contributed by atoms with Crippen LogP contribution in [-0.4, -0.2) is 25.0 Å². The number of hydroxylamine groups is 2. The summed E-state index contributed by atoms with van der Waals surface area (Å²) in [5.74, 6) is 0. The monoisotopic (exact) mass is 258 g/mol. The van der Waals surface area contributed by atoms with Gasteiger partial charge in [0.15, 0.2) is 0 Å². The van der Waals surface area contributed by atoms with Crippen LogP contribution in [0.3, 0.4) is 0 Å². The van der Waals surface area contributed by atoms with Crippen LogP contribution < -0.4 is 21.2 Å². The molecule has 0 aromatic rings. The zero-order valence-corrected chi connectivity index (χ0v) is 8.37. The van der Waals surface area contributed by atoms with E-state index in [2.05, 4.69) is 4.93 Å². The summed E-state index contributed by atoms with van der Waals surface area (Å²) in [5.41, 5.74) is 1.01. The van der Waals surface area contributed by atoms with Crippen molar-refractivity contribution in [3.05, 3.63) is 11.8 Å². The summed E-state index contributed by atoms with van der Waals surface area (Å²) in [6.07, 6.45) is 2.29. The van der Waals surface area contributed by atoms with E-state index in [1.807, 2.05) is 6.92 Å². The topological polar surface area (TPSA) is 43.7 Å². The van der Waals surface area contributed by atoms with E-state index < -0.39 is 0 Å². The number of alkyl halides is 2. The second kappa shape index (κ2) is 5.94. The van der Waals surface area contributed by atoms with Crippen molar-refractivity contribution < 1.29 is 31.6 Å². The predicted molar refractivity (Wildman–Crippen MR) is 34.6 cm³/mol. The van der Waals surface area contributed by atoms with Crippen LogP contribution in [0.1, 0.15) is 13.3 Å². The van der Waals surface area contributed by atoms with Crippen molar-refractivity contribution in [3.8, 4) is 0 Å². The Kier molecular flexibility index (Phi) is 6.05. The fourth-order valence-corrected chi connectivity index (χ4v) is 1.90. The molecule has 0 saturated carbocycles. The van der Waals surface area contributed by atoms with Gasteiger partial charge in [-0.2, -0.15) is 0 Å². The molecular weight excluding hydrogens is 245 g/mol. The average Bonchev–Trinajstić information content (AvgIpc) is 1.82. The van der Waals surface area contributed by atoms with Gasteiger partial charge in [0.2, 0.25) is 0 Å². The van der Waals surface area contributed by atoms with Gasteiger partial charge in [-0.05, 0) is 0 Å². The fourth-order valence-electron chi connectivity index (χ4n) is 0.505. The number of rotatable bonds is 4. The summed E-state index contributed by atoms with van der Waals surface area (Å²) >= 11 is 0.325. The van der Waals surface area contributed by atoms with E-state index in [-0.39, 0.29) is 5.23 Å². The predicted octanol–water partition coefficient (Wildman–Crippen LogP) is -1.92. The third-order valence-corrected chi connectivity index (χ3v) is 2.63. The summed E-state index contributed by atoms with van der Waals surface area (Å²) in [7, 11) is 0. The number of hydrogen-bond donors (Lipinski definition) is 2. The number of allylic oxidation sites excluding steroid dienone is 1. The van der Waals surface area contributed by atoms with Gasteiger partial charge in [0.1, 0.15) is 0 Å². The molecule has 0 atom stereocenters. The Morgan fingerprint density at radius 3 is 2.60 bits per heavy atom. The van der Waals surface area contributed by atoms with Crippen molar-refractivity contribution in [2.45, 2.75) is 13.3 Å². The average molecular weight is 258 g/mol. The van der Waals surface area contributed by atoms with Crippen molar-refractivity contribution in [1.82, 2.24) is 5.23 Å². The van der Waals surface area contributed by atoms with E-state index in [1.165, 1.54) is 10.6 Å². The zero-order chi connectivity index (χ0) is 7.98. The van der Waals surface area contributed by atoms with Crippen LogP contribution in [0.2, 0.25) is 0 Å². The van der Waals surface area contributed by atoms with Gasteiger partial charge in [-0.15, -0.1) is 0 Å². The number of nitrogens with zero attached hydrogens (tertiary/aromatic N) is 1. The number of hydrogen-bond acceptors (Lipinski definition) is 3. The normalized spacial score (nSPS) is 12.2. The van der Waals surface area contributed by atoms with Gasteiger partial charge in [0.05, 0.1) is 0 Å². The van der Waals surface area contributed by atoms with Gasteiger partial charge in [-0.1, -0.05) is 0 Å².